The topological polar surface area (TPSA) is 104 Å². The van der Waals surface area contributed by atoms with E-state index in [1.54, 1.807) is 54.6 Å². The Bertz CT molecular complexity index is 1210. The predicted octanol–water partition coefficient (Wildman–Crippen LogP) is 3.85. The van der Waals surface area contributed by atoms with Crippen molar-refractivity contribution in [3.63, 3.8) is 0 Å². The molecule has 1 saturated carbocycles. The highest BCUT2D eigenvalue weighted by atomic mass is 35.5. The Kier molecular flexibility index (Phi) is 5.46. The SMILES string of the molecule is O=C(O)[C@]1(NS(=O)(=O)c2ccc(-c3ccc(Cl)cc3)s2)C[C@@H]1c1cccc(CO)c1. The summed E-state index contributed by atoms with van der Waals surface area (Å²) in [6.07, 6.45) is 0.145. The predicted molar refractivity (Wildman–Crippen MR) is 115 cm³/mol. The second-order valence-corrected chi connectivity index (χ2v) is 10.6. The van der Waals surface area contributed by atoms with Crippen LogP contribution in [-0.4, -0.2) is 30.1 Å². The molecule has 30 heavy (non-hydrogen) atoms. The highest BCUT2D eigenvalue weighted by Gasteiger charge is 2.63. The molecule has 0 amide bonds. The number of carboxylic acids is 1. The number of aliphatic hydroxyl groups excluding tert-OH is 1. The molecule has 9 heteroatoms. The number of hydrogen-bond donors (Lipinski definition) is 3. The van der Waals surface area contributed by atoms with Crippen molar-refractivity contribution in [1.29, 1.82) is 0 Å². The van der Waals surface area contributed by atoms with E-state index in [0.717, 1.165) is 21.8 Å². The van der Waals surface area contributed by atoms with Gasteiger partial charge >= 0.3 is 5.97 Å². The first kappa shape index (κ1) is 21.0. The van der Waals surface area contributed by atoms with Crippen molar-refractivity contribution in [2.45, 2.75) is 28.7 Å². The smallest absolute Gasteiger partial charge is 0.325 e. The van der Waals surface area contributed by atoms with Crippen LogP contribution in [0.25, 0.3) is 10.4 Å². The molecule has 0 spiro atoms. The van der Waals surface area contributed by atoms with Crippen LogP contribution < -0.4 is 4.72 Å². The number of thiophene rings is 1. The van der Waals surface area contributed by atoms with Gasteiger partial charge in [-0.25, -0.2) is 8.42 Å². The van der Waals surface area contributed by atoms with Gasteiger partial charge in [0.25, 0.3) is 10.0 Å². The molecule has 1 aromatic heterocycles. The van der Waals surface area contributed by atoms with Crippen molar-refractivity contribution in [2.75, 3.05) is 0 Å². The maximum atomic E-state index is 13.0. The Morgan fingerprint density at radius 3 is 2.57 bits per heavy atom. The first-order valence-corrected chi connectivity index (χ1v) is 11.8. The number of aliphatic carboxylic acids is 1. The van der Waals surface area contributed by atoms with Crippen LogP contribution in [0.1, 0.15) is 23.5 Å². The minimum absolute atomic E-state index is 0.0443. The van der Waals surface area contributed by atoms with Crippen molar-refractivity contribution >= 4 is 38.9 Å². The number of sulfonamides is 1. The largest absolute Gasteiger partial charge is 0.480 e. The third-order valence-corrected chi connectivity index (χ3v) is 8.56. The van der Waals surface area contributed by atoms with Crippen molar-refractivity contribution in [3.05, 3.63) is 76.8 Å². The normalized spacial score (nSPS) is 20.8. The zero-order valence-electron chi connectivity index (χ0n) is 15.6. The summed E-state index contributed by atoms with van der Waals surface area (Å²) >= 11 is 6.96. The van der Waals surface area contributed by atoms with Crippen LogP contribution in [-0.2, 0) is 21.4 Å². The second kappa shape index (κ2) is 7.79. The van der Waals surface area contributed by atoms with Crippen LogP contribution in [0.2, 0.25) is 5.02 Å². The molecule has 2 aromatic carbocycles. The van der Waals surface area contributed by atoms with E-state index in [1.165, 1.54) is 6.07 Å². The van der Waals surface area contributed by atoms with E-state index in [4.69, 9.17) is 11.6 Å². The monoisotopic (exact) mass is 463 g/mol. The molecule has 0 bridgehead atoms. The molecule has 2 atom stereocenters. The Morgan fingerprint density at radius 1 is 1.17 bits per heavy atom. The molecule has 1 heterocycles. The van der Waals surface area contributed by atoms with E-state index in [1.807, 2.05) is 0 Å². The summed E-state index contributed by atoms with van der Waals surface area (Å²) in [5.74, 6) is -1.73. The van der Waals surface area contributed by atoms with Crippen molar-refractivity contribution in [3.8, 4) is 10.4 Å². The molecular weight excluding hydrogens is 446 g/mol. The summed E-state index contributed by atoms with van der Waals surface area (Å²) in [5, 5.41) is 19.7. The quantitative estimate of drug-likeness (QED) is 0.493. The van der Waals surface area contributed by atoms with Gasteiger partial charge in [0, 0.05) is 15.8 Å². The Morgan fingerprint density at radius 2 is 1.90 bits per heavy atom. The molecule has 4 rings (SSSR count). The lowest BCUT2D eigenvalue weighted by Gasteiger charge is -2.15. The fourth-order valence-electron chi connectivity index (χ4n) is 3.49. The van der Waals surface area contributed by atoms with E-state index in [-0.39, 0.29) is 17.2 Å². The molecule has 3 aromatic rings. The van der Waals surface area contributed by atoms with E-state index in [2.05, 4.69) is 4.72 Å². The highest BCUT2D eigenvalue weighted by molar-refractivity contribution is 7.91. The summed E-state index contributed by atoms with van der Waals surface area (Å²) in [5.41, 5.74) is 0.549. The van der Waals surface area contributed by atoms with Gasteiger partial charge in [0.2, 0.25) is 0 Å². The molecule has 1 aliphatic carbocycles. The average Bonchev–Trinajstić information content (AvgIpc) is 3.22. The molecule has 0 radical (unpaired) electrons. The summed E-state index contributed by atoms with van der Waals surface area (Å²) in [6, 6.07) is 17.1. The average molecular weight is 464 g/mol. The zero-order valence-corrected chi connectivity index (χ0v) is 18.0. The van der Waals surface area contributed by atoms with Gasteiger partial charge in [0.15, 0.2) is 0 Å². The number of aliphatic hydroxyl groups is 1. The maximum absolute atomic E-state index is 13.0. The number of hydrogen-bond acceptors (Lipinski definition) is 5. The fraction of sp³-hybridized carbons (Fsp3) is 0.190. The van der Waals surface area contributed by atoms with Crippen molar-refractivity contribution in [2.24, 2.45) is 0 Å². The minimum atomic E-state index is -4.04. The van der Waals surface area contributed by atoms with E-state index in [0.29, 0.717) is 16.1 Å². The number of benzene rings is 2. The van der Waals surface area contributed by atoms with Crippen LogP contribution in [0.15, 0.2) is 64.9 Å². The molecule has 3 N–H and O–H groups in total. The molecule has 0 aliphatic heterocycles. The standard InChI is InChI=1S/C21H18ClNO5S2/c22-16-6-4-14(5-7-16)18-8-9-19(29-18)30(27,28)23-21(20(25)26)11-17(21)15-3-1-2-13(10-15)12-24/h1-10,17,23-24H,11-12H2,(H,25,26)/t17-,21+/m1/s1. The molecular formula is C21H18ClNO5S2. The van der Waals surface area contributed by atoms with Crippen molar-refractivity contribution < 1.29 is 23.4 Å². The molecule has 1 fully saturated rings. The van der Waals surface area contributed by atoms with Gasteiger partial charge in [-0.15, -0.1) is 11.3 Å². The molecule has 0 saturated heterocycles. The van der Waals surface area contributed by atoms with E-state index >= 15 is 0 Å². The number of nitrogens with one attached hydrogen (secondary N) is 1. The van der Waals surface area contributed by atoms with Gasteiger partial charge in [-0.2, -0.15) is 4.72 Å². The Hall–Kier alpha value is -2.23. The van der Waals surface area contributed by atoms with Gasteiger partial charge in [-0.05, 0) is 47.4 Å². The summed E-state index contributed by atoms with van der Waals surface area (Å²) in [7, 11) is -4.04. The Balaban J connectivity index is 1.60. The first-order valence-electron chi connectivity index (χ1n) is 9.08. The third kappa shape index (κ3) is 3.89. The zero-order chi connectivity index (χ0) is 21.5. The fourth-order valence-corrected chi connectivity index (χ4v) is 6.33. The summed E-state index contributed by atoms with van der Waals surface area (Å²) < 4.78 is 28.4. The van der Waals surface area contributed by atoms with Gasteiger partial charge < -0.3 is 10.2 Å². The highest BCUT2D eigenvalue weighted by Crippen LogP contribution is 2.52. The van der Waals surface area contributed by atoms with Crippen LogP contribution in [0, 0.1) is 0 Å². The number of rotatable bonds is 7. The minimum Gasteiger partial charge on any atom is -0.480 e. The summed E-state index contributed by atoms with van der Waals surface area (Å²) in [4.78, 5) is 12.7. The van der Waals surface area contributed by atoms with Crippen LogP contribution in [0.3, 0.4) is 0 Å². The summed E-state index contributed by atoms with van der Waals surface area (Å²) in [6.45, 7) is -0.172. The van der Waals surface area contributed by atoms with Gasteiger partial charge in [0.05, 0.1) is 6.61 Å². The molecule has 0 unspecified atom stereocenters. The lowest BCUT2D eigenvalue weighted by Crippen LogP contribution is -2.44. The van der Waals surface area contributed by atoms with Crippen LogP contribution in [0.5, 0.6) is 0 Å². The van der Waals surface area contributed by atoms with Gasteiger partial charge in [-0.3, -0.25) is 4.79 Å². The number of halogens is 1. The number of carboxylic acid groups (broad SMARTS) is 1. The van der Waals surface area contributed by atoms with Gasteiger partial charge in [0.1, 0.15) is 9.75 Å². The molecule has 156 valence electrons. The van der Waals surface area contributed by atoms with Crippen LogP contribution in [0.4, 0.5) is 0 Å². The maximum Gasteiger partial charge on any atom is 0.325 e. The van der Waals surface area contributed by atoms with E-state index in [9.17, 15) is 23.4 Å². The number of carbonyl (C=O) groups is 1. The van der Waals surface area contributed by atoms with E-state index < -0.39 is 27.4 Å². The van der Waals surface area contributed by atoms with Crippen molar-refractivity contribution in [1.82, 2.24) is 4.72 Å². The molecule has 1 aliphatic rings. The van der Waals surface area contributed by atoms with Gasteiger partial charge in [-0.1, -0.05) is 48.0 Å². The first-order chi connectivity index (χ1) is 14.2. The van der Waals surface area contributed by atoms with Crippen LogP contribution >= 0.6 is 22.9 Å². The second-order valence-electron chi connectivity index (χ2n) is 7.17. The third-order valence-electron chi connectivity index (χ3n) is 5.17. The Labute approximate surface area is 182 Å². The lowest BCUT2D eigenvalue weighted by atomic mass is 10.0. The lowest BCUT2D eigenvalue weighted by molar-refractivity contribution is -0.140. The molecule has 6 nitrogen and oxygen atoms in total.